The summed E-state index contributed by atoms with van der Waals surface area (Å²) in [4.78, 5) is 27.6. The van der Waals surface area contributed by atoms with E-state index in [1.54, 1.807) is 30.1 Å². The lowest BCUT2D eigenvalue weighted by Crippen LogP contribution is -2.68. The first kappa shape index (κ1) is 14.1. The fourth-order valence-corrected chi connectivity index (χ4v) is 3.22. The summed E-state index contributed by atoms with van der Waals surface area (Å²) in [5.41, 5.74) is -0.783. The zero-order valence-electron chi connectivity index (χ0n) is 11.8. The Balaban J connectivity index is 2.36. The molecule has 1 aromatic heterocycles. The van der Waals surface area contributed by atoms with E-state index in [-0.39, 0.29) is 17.9 Å². The van der Waals surface area contributed by atoms with E-state index in [4.69, 9.17) is 0 Å². The largest absolute Gasteiger partial charge is 0.340 e. The van der Waals surface area contributed by atoms with Crippen molar-refractivity contribution in [3.05, 3.63) is 22.4 Å². The van der Waals surface area contributed by atoms with Crippen LogP contribution >= 0.6 is 11.3 Å². The van der Waals surface area contributed by atoms with E-state index in [0.29, 0.717) is 6.42 Å². The van der Waals surface area contributed by atoms with Crippen LogP contribution in [0.4, 0.5) is 0 Å². The molecular weight excluding hydrogens is 260 g/mol. The second kappa shape index (κ2) is 4.96. The zero-order chi connectivity index (χ0) is 14.2. The molecule has 0 radical (unpaired) electrons. The summed E-state index contributed by atoms with van der Waals surface area (Å²) in [6, 6.07) is 3.48. The molecule has 0 spiro atoms. The molecule has 3 unspecified atom stereocenters. The first-order valence-corrected chi connectivity index (χ1v) is 7.47. The molecule has 1 aromatic rings. The highest BCUT2D eigenvalue weighted by Gasteiger charge is 2.47. The molecule has 3 atom stereocenters. The number of hydrogen-bond donors (Lipinski definition) is 1. The quantitative estimate of drug-likeness (QED) is 0.923. The number of piperazine rings is 1. The third-order valence-corrected chi connectivity index (χ3v) is 5.02. The van der Waals surface area contributed by atoms with Gasteiger partial charge in [0.1, 0.15) is 11.6 Å². The number of hydrogen-bond acceptors (Lipinski definition) is 3. The lowest BCUT2D eigenvalue weighted by Gasteiger charge is -2.45. The highest BCUT2D eigenvalue weighted by Crippen LogP contribution is 2.32. The van der Waals surface area contributed by atoms with Gasteiger partial charge in [-0.05, 0) is 38.6 Å². The Morgan fingerprint density at radius 1 is 1.53 bits per heavy atom. The average molecular weight is 280 g/mol. The summed E-state index contributed by atoms with van der Waals surface area (Å²) in [5.74, 6) is -0.0737. The summed E-state index contributed by atoms with van der Waals surface area (Å²) >= 11 is 1.61. The van der Waals surface area contributed by atoms with E-state index in [2.05, 4.69) is 5.32 Å². The summed E-state index contributed by atoms with van der Waals surface area (Å²) in [6.45, 7) is 7.48. The van der Waals surface area contributed by atoms with Crippen molar-refractivity contribution in [2.24, 2.45) is 0 Å². The number of thiophene rings is 1. The number of carbonyl (C=O) groups excluding carboxylic acids is 2. The molecule has 0 aliphatic carbocycles. The Morgan fingerprint density at radius 2 is 2.21 bits per heavy atom. The molecular formula is C14H20N2O2S. The van der Waals surface area contributed by atoms with Crippen LogP contribution in [0, 0.1) is 0 Å². The van der Waals surface area contributed by atoms with Crippen molar-refractivity contribution in [3.63, 3.8) is 0 Å². The van der Waals surface area contributed by atoms with Gasteiger partial charge < -0.3 is 10.2 Å². The Bertz CT molecular complexity index is 486. The second-order valence-corrected chi connectivity index (χ2v) is 6.23. The first-order valence-electron chi connectivity index (χ1n) is 6.59. The van der Waals surface area contributed by atoms with Crippen molar-refractivity contribution in [2.75, 3.05) is 0 Å². The van der Waals surface area contributed by atoms with Gasteiger partial charge in [-0.3, -0.25) is 9.59 Å². The van der Waals surface area contributed by atoms with Gasteiger partial charge in [0.25, 0.3) is 0 Å². The molecule has 0 bridgehead atoms. The standard InChI is InChI=1S/C14H20N2O2S/c1-5-14(4)13(18)16(10(3)12(17)15-14)9(2)11-7-6-8-19-11/h6-10H,5H2,1-4H3,(H,15,17). The van der Waals surface area contributed by atoms with Crippen molar-refractivity contribution in [3.8, 4) is 0 Å². The van der Waals surface area contributed by atoms with Crippen LogP contribution in [0.15, 0.2) is 17.5 Å². The molecule has 104 valence electrons. The van der Waals surface area contributed by atoms with Crippen LogP contribution in [0.1, 0.15) is 45.0 Å². The monoisotopic (exact) mass is 280 g/mol. The van der Waals surface area contributed by atoms with Crippen LogP contribution in [-0.4, -0.2) is 28.3 Å². The van der Waals surface area contributed by atoms with Crippen molar-refractivity contribution in [1.29, 1.82) is 0 Å². The highest BCUT2D eigenvalue weighted by molar-refractivity contribution is 7.10. The lowest BCUT2D eigenvalue weighted by atomic mass is 9.91. The molecule has 1 fully saturated rings. The normalized spacial score (nSPS) is 29.3. The van der Waals surface area contributed by atoms with Crippen molar-refractivity contribution in [2.45, 2.75) is 51.7 Å². The van der Waals surface area contributed by atoms with Crippen molar-refractivity contribution >= 4 is 23.2 Å². The number of carbonyl (C=O) groups is 2. The van der Waals surface area contributed by atoms with Gasteiger partial charge in [0.15, 0.2) is 0 Å². The maximum atomic E-state index is 12.7. The molecule has 5 heteroatoms. The minimum Gasteiger partial charge on any atom is -0.340 e. The van der Waals surface area contributed by atoms with Gasteiger partial charge in [-0.25, -0.2) is 0 Å². The van der Waals surface area contributed by atoms with Gasteiger partial charge in [-0.1, -0.05) is 13.0 Å². The highest BCUT2D eigenvalue weighted by atomic mass is 32.1. The van der Waals surface area contributed by atoms with E-state index in [9.17, 15) is 9.59 Å². The predicted molar refractivity (Wildman–Crippen MR) is 75.9 cm³/mol. The van der Waals surface area contributed by atoms with E-state index in [0.717, 1.165) is 4.88 Å². The molecule has 4 nitrogen and oxygen atoms in total. The number of rotatable bonds is 3. The third kappa shape index (κ3) is 2.27. The average Bonchev–Trinajstić information content (AvgIpc) is 2.90. The third-order valence-electron chi connectivity index (χ3n) is 3.98. The maximum Gasteiger partial charge on any atom is 0.249 e. The Kier molecular flexibility index (Phi) is 3.67. The number of nitrogens with zero attached hydrogens (tertiary/aromatic N) is 1. The summed E-state index contributed by atoms with van der Waals surface area (Å²) in [7, 11) is 0. The second-order valence-electron chi connectivity index (χ2n) is 5.25. The molecule has 1 aliphatic rings. The molecule has 2 amide bonds. The SMILES string of the molecule is CCC1(C)NC(=O)C(C)N(C(C)c2cccs2)C1=O. The van der Waals surface area contributed by atoms with E-state index in [1.165, 1.54) is 0 Å². The molecule has 1 saturated heterocycles. The number of nitrogens with one attached hydrogen (secondary N) is 1. The van der Waals surface area contributed by atoms with Crippen molar-refractivity contribution in [1.82, 2.24) is 10.2 Å². The van der Waals surface area contributed by atoms with E-state index >= 15 is 0 Å². The van der Waals surface area contributed by atoms with Gasteiger partial charge in [-0.2, -0.15) is 0 Å². The van der Waals surface area contributed by atoms with Crippen LogP contribution < -0.4 is 5.32 Å². The van der Waals surface area contributed by atoms with Crippen LogP contribution in [0.5, 0.6) is 0 Å². The zero-order valence-corrected chi connectivity index (χ0v) is 12.6. The van der Waals surface area contributed by atoms with Crippen LogP contribution in [-0.2, 0) is 9.59 Å². The minimum atomic E-state index is -0.783. The molecule has 1 N–H and O–H groups in total. The van der Waals surface area contributed by atoms with Gasteiger partial charge >= 0.3 is 0 Å². The van der Waals surface area contributed by atoms with Crippen LogP contribution in [0.2, 0.25) is 0 Å². The summed E-state index contributed by atoms with van der Waals surface area (Å²) in [6.07, 6.45) is 0.595. The van der Waals surface area contributed by atoms with Gasteiger partial charge in [0.2, 0.25) is 11.8 Å². The molecule has 2 heterocycles. The van der Waals surface area contributed by atoms with Gasteiger partial charge in [-0.15, -0.1) is 11.3 Å². The first-order chi connectivity index (χ1) is 8.90. The smallest absolute Gasteiger partial charge is 0.249 e. The fourth-order valence-electron chi connectivity index (χ4n) is 2.43. The van der Waals surface area contributed by atoms with Crippen LogP contribution in [0.3, 0.4) is 0 Å². The number of amides is 2. The van der Waals surface area contributed by atoms with Crippen molar-refractivity contribution < 1.29 is 9.59 Å². The van der Waals surface area contributed by atoms with Gasteiger partial charge in [0.05, 0.1) is 6.04 Å². The molecule has 0 saturated carbocycles. The van der Waals surface area contributed by atoms with Gasteiger partial charge in [0, 0.05) is 4.88 Å². The van der Waals surface area contributed by atoms with E-state index < -0.39 is 11.6 Å². The molecule has 1 aliphatic heterocycles. The Morgan fingerprint density at radius 3 is 2.74 bits per heavy atom. The predicted octanol–water partition coefficient (Wildman–Crippen LogP) is 2.32. The Labute approximate surface area is 117 Å². The Hall–Kier alpha value is -1.36. The summed E-state index contributed by atoms with van der Waals surface area (Å²) < 4.78 is 0. The molecule has 19 heavy (non-hydrogen) atoms. The minimum absolute atomic E-state index is 0.00278. The summed E-state index contributed by atoms with van der Waals surface area (Å²) in [5, 5.41) is 4.84. The van der Waals surface area contributed by atoms with E-state index in [1.807, 2.05) is 31.4 Å². The molecule has 2 rings (SSSR count). The fraction of sp³-hybridized carbons (Fsp3) is 0.571. The van der Waals surface area contributed by atoms with Crippen LogP contribution in [0.25, 0.3) is 0 Å². The molecule has 0 aromatic carbocycles. The lowest BCUT2D eigenvalue weighted by molar-refractivity contribution is -0.156. The topological polar surface area (TPSA) is 49.4 Å². The maximum absolute atomic E-state index is 12.7.